The number of unbranched alkanes of at least 4 members (excludes halogenated alkanes) is 1. The molecule has 26 heavy (non-hydrogen) atoms. The molecular formula is C21H29ClO4. The highest BCUT2D eigenvalue weighted by Crippen LogP contribution is 2.35. The highest BCUT2D eigenvalue weighted by atomic mass is 35.5. The molecule has 0 radical (unpaired) electrons. The zero-order valence-corrected chi connectivity index (χ0v) is 16.6. The van der Waals surface area contributed by atoms with Gasteiger partial charge in [0.05, 0.1) is 0 Å². The van der Waals surface area contributed by atoms with Gasteiger partial charge in [0.2, 0.25) is 0 Å². The minimum atomic E-state index is -1.19. The van der Waals surface area contributed by atoms with Crippen LogP contribution in [0.4, 0.5) is 0 Å². The Morgan fingerprint density at radius 2 is 1.85 bits per heavy atom. The first-order valence-electron chi connectivity index (χ1n) is 8.92. The van der Waals surface area contributed by atoms with Crippen LogP contribution in [0.2, 0.25) is 0 Å². The highest BCUT2D eigenvalue weighted by molar-refractivity contribution is 6.17. The Hall–Kier alpha value is -1.94. The quantitative estimate of drug-likeness (QED) is 0.281. The number of allylic oxidation sites excluding steroid dienone is 4. The topological polar surface area (TPSA) is 77.8 Å². The molecule has 0 spiro atoms. The SMILES string of the molecule is CC(C)=CCCC(C)=CCc1c(O)cc(CCCCCl)c(C(=O)O)c1O. The number of aryl methyl sites for hydroxylation is 1. The van der Waals surface area contributed by atoms with E-state index in [1.54, 1.807) is 0 Å². The predicted molar refractivity (Wildman–Crippen MR) is 107 cm³/mol. The Bertz CT molecular complexity index is 686. The smallest absolute Gasteiger partial charge is 0.339 e. The van der Waals surface area contributed by atoms with Gasteiger partial charge in [-0.2, -0.15) is 0 Å². The lowest BCUT2D eigenvalue weighted by Crippen LogP contribution is -2.06. The number of phenols is 2. The van der Waals surface area contributed by atoms with Crippen molar-refractivity contribution >= 4 is 17.6 Å². The first kappa shape index (κ1) is 22.1. The van der Waals surface area contributed by atoms with Gasteiger partial charge in [0.15, 0.2) is 0 Å². The predicted octanol–water partition coefficient (Wildman–Crippen LogP) is 5.59. The van der Waals surface area contributed by atoms with Crippen LogP contribution in [0.15, 0.2) is 29.4 Å². The van der Waals surface area contributed by atoms with Crippen molar-refractivity contribution in [1.29, 1.82) is 0 Å². The fraction of sp³-hybridized carbons (Fsp3) is 0.476. The Kier molecular flexibility index (Phi) is 9.28. The van der Waals surface area contributed by atoms with Crippen LogP contribution in [0, 0.1) is 0 Å². The van der Waals surface area contributed by atoms with Crippen molar-refractivity contribution in [1.82, 2.24) is 0 Å². The third-order valence-corrected chi connectivity index (χ3v) is 4.52. The number of rotatable bonds is 10. The molecule has 3 N–H and O–H groups in total. The summed E-state index contributed by atoms with van der Waals surface area (Å²) in [6, 6.07) is 1.46. The van der Waals surface area contributed by atoms with E-state index in [1.807, 2.05) is 13.0 Å². The number of hydrogen-bond acceptors (Lipinski definition) is 3. The maximum absolute atomic E-state index is 11.6. The maximum atomic E-state index is 11.6. The normalized spacial score (nSPS) is 11.5. The van der Waals surface area contributed by atoms with Crippen molar-refractivity contribution in [2.45, 2.75) is 59.3 Å². The molecular weight excluding hydrogens is 352 g/mol. The van der Waals surface area contributed by atoms with Crippen LogP contribution >= 0.6 is 11.6 Å². The summed E-state index contributed by atoms with van der Waals surface area (Å²) in [5.74, 6) is -1.10. The summed E-state index contributed by atoms with van der Waals surface area (Å²) < 4.78 is 0. The van der Waals surface area contributed by atoms with Crippen LogP contribution in [0.1, 0.15) is 67.9 Å². The third kappa shape index (κ3) is 6.75. The molecule has 1 aromatic rings. The van der Waals surface area contributed by atoms with Crippen LogP contribution in [-0.2, 0) is 12.8 Å². The number of halogens is 1. The minimum Gasteiger partial charge on any atom is -0.508 e. The lowest BCUT2D eigenvalue weighted by atomic mass is 9.95. The van der Waals surface area contributed by atoms with E-state index in [4.69, 9.17) is 11.6 Å². The van der Waals surface area contributed by atoms with Crippen molar-refractivity contribution in [2.24, 2.45) is 0 Å². The van der Waals surface area contributed by atoms with Gasteiger partial charge in [0.25, 0.3) is 0 Å². The first-order chi connectivity index (χ1) is 12.3. The molecule has 1 rings (SSSR count). The summed E-state index contributed by atoms with van der Waals surface area (Å²) in [6.45, 7) is 6.10. The van der Waals surface area contributed by atoms with Crippen LogP contribution in [-0.4, -0.2) is 27.2 Å². The number of hydrogen-bond donors (Lipinski definition) is 3. The Morgan fingerprint density at radius 1 is 1.15 bits per heavy atom. The minimum absolute atomic E-state index is 0.0679. The van der Waals surface area contributed by atoms with Gasteiger partial charge in [0, 0.05) is 11.4 Å². The summed E-state index contributed by atoms with van der Waals surface area (Å²) in [5.41, 5.74) is 2.96. The van der Waals surface area contributed by atoms with E-state index in [1.165, 1.54) is 11.6 Å². The number of carboxylic acid groups (broad SMARTS) is 1. The molecule has 5 heteroatoms. The molecule has 4 nitrogen and oxygen atoms in total. The molecule has 0 aliphatic carbocycles. The summed E-state index contributed by atoms with van der Waals surface area (Å²) in [6.07, 6.45) is 8.09. The van der Waals surface area contributed by atoms with Gasteiger partial charge in [-0.3, -0.25) is 0 Å². The molecule has 0 bridgehead atoms. The Morgan fingerprint density at radius 3 is 2.42 bits per heavy atom. The fourth-order valence-electron chi connectivity index (χ4n) is 2.76. The largest absolute Gasteiger partial charge is 0.508 e. The molecule has 0 aliphatic rings. The molecule has 1 aromatic carbocycles. The van der Waals surface area contributed by atoms with Gasteiger partial charge < -0.3 is 15.3 Å². The lowest BCUT2D eigenvalue weighted by molar-refractivity contribution is 0.0692. The number of alkyl halides is 1. The van der Waals surface area contributed by atoms with Crippen LogP contribution in [0.3, 0.4) is 0 Å². The maximum Gasteiger partial charge on any atom is 0.339 e. The number of benzene rings is 1. The van der Waals surface area contributed by atoms with Gasteiger partial charge >= 0.3 is 5.97 Å². The molecule has 0 heterocycles. The molecule has 0 saturated heterocycles. The number of carboxylic acids is 1. The molecule has 0 aromatic heterocycles. The lowest BCUT2D eigenvalue weighted by Gasteiger charge is -2.14. The third-order valence-electron chi connectivity index (χ3n) is 4.25. The van der Waals surface area contributed by atoms with E-state index in [0.717, 1.165) is 24.8 Å². The van der Waals surface area contributed by atoms with E-state index in [2.05, 4.69) is 19.9 Å². The average Bonchev–Trinajstić information content (AvgIpc) is 2.53. The van der Waals surface area contributed by atoms with Crippen molar-refractivity contribution < 1.29 is 20.1 Å². The average molecular weight is 381 g/mol. The highest BCUT2D eigenvalue weighted by Gasteiger charge is 2.21. The second kappa shape index (κ2) is 10.9. The molecule has 0 unspecified atom stereocenters. The van der Waals surface area contributed by atoms with E-state index in [-0.39, 0.29) is 22.6 Å². The molecule has 0 fully saturated rings. The van der Waals surface area contributed by atoms with E-state index in [9.17, 15) is 20.1 Å². The van der Waals surface area contributed by atoms with E-state index < -0.39 is 5.97 Å². The molecule has 0 atom stereocenters. The van der Waals surface area contributed by atoms with E-state index in [0.29, 0.717) is 30.7 Å². The number of carbonyl (C=O) groups is 1. The van der Waals surface area contributed by atoms with Crippen molar-refractivity contribution in [3.63, 3.8) is 0 Å². The van der Waals surface area contributed by atoms with Crippen molar-refractivity contribution in [2.75, 3.05) is 5.88 Å². The fourth-order valence-corrected chi connectivity index (χ4v) is 2.95. The van der Waals surface area contributed by atoms with Gasteiger partial charge in [-0.15, -0.1) is 11.6 Å². The second-order valence-corrected chi connectivity index (χ2v) is 7.16. The summed E-state index contributed by atoms with van der Waals surface area (Å²) in [7, 11) is 0. The second-order valence-electron chi connectivity index (χ2n) is 6.78. The van der Waals surface area contributed by atoms with E-state index >= 15 is 0 Å². The Balaban J connectivity index is 3.03. The zero-order valence-electron chi connectivity index (χ0n) is 15.8. The number of aromatic hydroxyl groups is 2. The monoisotopic (exact) mass is 380 g/mol. The summed E-state index contributed by atoms with van der Waals surface area (Å²) in [5, 5.41) is 30.2. The van der Waals surface area contributed by atoms with Crippen molar-refractivity contribution in [3.05, 3.63) is 46.1 Å². The molecule has 144 valence electrons. The van der Waals surface area contributed by atoms with Crippen molar-refractivity contribution in [3.8, 4) is 11.5 Å². The van der Waals surface area contributed by atoms with Crippen LogP contribution in [0.25, 0.3) is 0 Å². The van der Waals surface area contributed by atoms with Gasteiger partial charge in [0.1, 0.15) is 17.1 Å². The molecule has 0 amide bonds. The number of aromatic carboxylic acids is 1. The van der Waals surface area contributed by atoms with Gasteiger partial charge in [-0.25, -0.2) is 4.79 Å². The summed E-state index contributed by atoms with van der Waals surface area (Å²) in [4.78, 5) is 11.6. The molecule has 0 saturated carbocycles. The van der Waals surface area contributed by atoms with Gasteiger partial charge in [-0.1, -0.05) is 23.3 Å². The standard InChI is InChI=1S/C21H29ClO4/c1-14(2)7-6-8-15(3)10-11-17-18(23)13-16(9-4-5-12-22)19(20(17)24)21(25)26/h7,10,13,23-24H,4-6,8-9,11-12H2,1-3H3,(H,25,26). The first-order valence-corrected chi connectivity index (χ1v) is 9.46. The van der Waals surface area contributed by atoms with Crippen LogP contribution < -0.4 is 0 Å². The summed E-state index contributed by atoms with van der Waals surface area (Å²) >= 11 is 5.66. The van der Waals surface area contributed by atoms with Gasteiger partial charge in [-0.05, 0) is 70.9 Å². The Labute approximate surface area is 160 Å². The zero-order chi connectivity index (χ0) is 19.7. The molecule has 0 aliphatic heterocycles. The van der Waals surface area contributed by atoms with Crippen LogP contribution in [0.5, 0.6) is 11.5 Å². The number of phenolic OH excluding ortho intramolecular Hbond substituents is 1.